The van der Waals surface area contributed by atoms with E-state index in [-0.39, 0.29) is 35.4 Å². The van der Waals surface area contributed by atoms with E-state index in [0.717, 1.165) is 11.8 Å². The average Bonchev–Trinajstić information content (AvgIpc) is 3.08. The number of anilines is 3. The van der Waals surface area contributed by atoms with Gasteiger partial charge in [0.15, 0.2) is 0 Å². The van der Waals surface area contributed by atoms with Crippen molar-refractivity contribution >= 4 is 23.3 Å². The molecule has 2 heterocycles. The lowest BCUT2D eigenvalue weighted by atomic mass is 10.1. The van der Waals surface area contributed by atoms with Gasteiger partial charge in [-0.15, -0.1) is 5.10 Å². The molecule has 0 saturated carbocycles. The maximum absolute atomic E-state index is 13.1. The number of H-pyrrole nitrogens is 1. The van der Waals surface area contributed by atoms with E-state index < -0.39 is 4.92 Å². The number of rotatable bonds is 8. The summed E-state index contributed by atoms with van der Waals surface area (Å²) in [6.45, 7) is 5.54. The van der Waals surface area contributed by atoms with Gasteiger partial charge in [-0.3, -0.25) is 15.2 Å². The first-order valence-electron chi connectivity index (χ1n) is 8.84. The van der Waals surface area contributed by atoms with Gasteiger partial charge in [0.05, 0.1) is 17.1 Å². The normalized spacial score (nSPS) is 11.9. The number of halogens is 1. The molecule has 0 spiro atoms. The zero-order chi connectivity index (χ0) is 21.0. The first kappa shape index (κ1) is 20.0. The molecular weight excluding hydrogens is 381 g/mol. The molecule has 0 bridgehead atoms. The molecule has 29 heavy (non-hydrogen) atoms. The molecule has 0 aliphatic heterocycles. The van der Waals surface area contributed by atoms with Crippen molar-refractivity contribution in [2.24, 2.45) is 0 Å². The Morgan fingerprint density at radius 3 is 2.62 bits per heavy atom. The van der Waals surface area contributed by atoms with Crippen LogP contribution >= 0.6 is 0 Å². The van der Waals surface area contributed by atoms with Gasteiger partial charge in [-0.1, -0.05) is 12.1 Å². The molecule has 3 aromatic rings. The van der Waals surface area contributed by atoms with E-state index >= 15 is 0 Å². The van der Waals surface area contributed by atoms with Gasteiger partial charge in [0, 0.05) is 6.07 Å². The molecule has 0 saturated heterocycles. The highest BCUT2D eigenvalue weighted by atomic mass is 19.1. The highest BCUT2D eigenvalue weighted by Crippen LogP contribution is 2.27. The van der Waals surface area contributed by atoms with Gasteiger partial charge < -0.3 is 15.4 Å². The van der Waals surface area contributed by atoms with Crippen molar-refractivity contribution in [1.29, 1.82) is 0 Å². The second-order valence-corrected chi connectivity index (χ2v) is 6.51. The number of nitrogens with one attached hydrogen (secondary N) is 3. The molecule has 0 aliphatic rings. The average molecular weight is 401 g/mol. The third kappa shape index (κ3) is 5.15. The molecule has 0 radical (unpaired) electrons. The zero-order valence-corrected chi connectivity index (χ0v) is 16.0. The number of nitrogens with zero attached hydrogens (tertiary/aromatic N) is 4. The molecular formula is C18H20FN7O3. The fourth-order valence-electron chi connectivity index (χ4n) is 2.51. The minimum Gasteiger partial charge on any atom is -0.474 e. The molecule has 10 nitrogen and oxygen atoms in total. The smallest absolute Gasteiger partial charge is 0.329 e. The maximum atomic E-state index is 13.1. The minimum atomic E-state index is -0.575. The van der Waals surface area contributed by atoms with Crippen LogP contribution in [-0.4, -0.2) is 31.2 Å². The predicted octanol–water partition coefficient (Wildman–Crippen LogP) is 3.95. The van der Waals surface area contributed by atoms with Gasteiger partial charge in [0.2, 0.25) is 17.6 Å². The van der Waals surface area contributed by atoms with E-state index in [1.807, 2.05) is 13.8 Å². The van der Waals surface area contributed by atoms with Gasteiger partial charge in [-0.2, -0.15) is 4.98 Å². The van der Waals surface area contributed by atoms with Crippen molar-refractivity contribution in [2.75, 3.05) is 10.6 Å². The predicted molar refractivity (Wildman–Crippen MR) is 105 cm³/mol. The van der Waals surface area contributed by atoms with Crippen LogP contribution in [0.1, 0.15) is 32.4 Å². The van der Waals surface area contributed by atoms with Crippen molar-refractivity contribution in [3.05, 3.63) is 58.0 Å². The SMILES string of the molecule is CC(C)Oc1cc(Nc2ncc([N+](=O)[O-])c(N[C@@H](C)c3ccc(F)cc3)n2)[nH]n1. The number of aromatic amines is 1. The van der Waals surface area contributed by atoms with Crippen LogP contribution in [0.4, 0.5) is 27.7 Å². The number of aromatic nitrogens is 4. The first-order valence-corrected chi connectivity index (χ1v) is 8.84. The minimum absolute atomic E-state index is 0.0301. The summed E-state index contributed by atoms with van der Waals surface area (Å²) < 4.78 is 18.6. The Hall–Kier alpha value is -3.76. The highest BCUT2D eigenvalue weighted by Gasteiger charge is 2.20. The summed E-state index contributed by atoms with van der Waals surface area (Å²) in [5, 5.41) is 23.9. The van der Waals surface area contributed by atoms with E-state index in [1.165, 1.54) is 12.1 Å². The van der Waals surface area contributed by atoms with Crippen LogP contribution in [0.5, 0.6) is 5.88 Å². The van der Waals surface area contributed by atoms with E-state index in [4.69, 9.17) is 4.74 Å². The van der Waals surface area contributed by atoms with Crippen LogP contribution in [0.2, 0.25) is 0 Å². The lowest BCUT2D eigenvalue weighted by Crippen LogP contribution is -2.11. The fourth-order valence-corrected chi connectivity index (χ4v) is 2.51. The summed E-state index contributed by atoms with van der Waals surface area (Å²) in [6.07, 6.45) is 1.07. The molecule has 3 rings (SSSR count). The quantitative estimate of drug-likeness (QED) is 0.382. The van der Waals surface area contributed by atoms with E-state index in [9.17, 15) is 14.5 Å². The van der Waals surface area contributed by atoms with Crippen LogP contribution in [0.15, 0.2) is 36.5 Å². The first-order chi connectivity index (χ1) is 13.8. The van der Waals surface area contributed by atoms with Gasteiger partial charge >= 0.3 is 5.69 Å². The molecule has 2 aromatic heterocycles. The van der Waals surface area contributed by atoms with Gasteiger partial charge in [-0.05, 0) is 38.5 Å². The third-order valence-electron chi connectivity index (χ3n) is 3.85. The summed E-state index contributed by atoms with van der Waals surface area (Å²) in [6, 6.07) is 7.11. The molecule has 0 amide bonds. The van der Waals surface area contributed by atoms with Crippen molar-refractivity contribution in [2.45, 2.75) is 32.9 Å². The number of hydrogen-bond donors (Lipinski definition) is 3. The van der Waals surface area contributed by atoms with Crippen molar-refractivity contribution in [3.8, 4) is 5.88 Å². The summed E-state index contributed by atoms with van der Waals surface area (Å²) in [7, 11) is 0. The van der Waals surface area contributed by atoms with Crippen molar-refractivity contribution < 1.29 is 14.1 Å². The largest absolute Gasteiger partial charge is 0.474 e. The molecule has 3 N–H and O–H groups in total. The number of ether oxygens (including phenoxy) is 1. The summed E-state index contributed by atoms with van der Waals surface area (Å²) in [5.41, 5.74) is 0.468. The third-order valence-corrected chi connectivity index (χ3v) is 3.85. The summed E-state index contributed by atoms with van der Waals surface area (Å²) in [4.78, 5) is 18.9. The van der Waals surface area contributed by atoms with Gasteiger partial charge in [0.25, 0.3) is 0 Å². The van der Waals surface area contributed by atoms with Crippen molar-refractivity contribution in [3.63, 3.8) is 0 Å². The standard InChI is InChI=1S/C18H20FN7O3/c1-10(2)29-16-8-15(24-25-16)22-18-20-9-14(26(27)28)17(23-18)21-11(3)12-4-6-13(19)7-5-12/h4-11H,1-3H3,(H3,20,21,22,23,24,25)/t11-/m0/s1. The molecule has 0 unspecified atom stereocenters. The maximum Gasteiger partial charge on any atom is 0.329 e. The number of nitro groups is 1. The lowest BCUT2D eigenvalue weighted by molar-refractivity contribution is -0.384. The van der Waals surface area contributed by atoms with Crippen LogP contribution in [0.3, 0.4) is 0 Å². The van der Waals surface area contributed by atoms with Crippen LogP contribution in [-0.2, 0) is 0 Å². The Kier molecular flexibility index (Phi) is 5.86. The Morgan fingerprint density at radius 2 is 1.97 bits per heavy atom. The molecule has 1 atom stereocenters. The Morgan fingerprint density at radius 1 is 1.24 bits per heavy atom. The molecule has 0 fully saturated rings. The Labute approximate surface area is 165 Å². The molecule has 152 valence electrons. The lowest BCUT2D eigenvalue weighted by Gasteiger charge is -2.15. The second kappa shape index (κ2) is 8.50. The summed E-state index contributed by atoms with van der Waals surface area (Å²) in [5.74, 6) is 0.659. The second-order valence-electron chi connectivity index (χ2n) is 6.51. The molecule has 1 aromatic carbocycles. The van der Waals surface area contributed by atoms with E-state index in [2.05, 4.69) is 30.8 Å². The zero-order valence-electron chi connectivity index (χ0n) is 16.0. The van der Waals surface area contributed by atoms with Gasteiger partial charge in [0.1, 0.15) is 17.8 Å². The monoisotopic (exact) mass is 401 g/mol. The van der Waals surface area contributed by atoms with E-state index in [0.29, 0.717) is 11.7 Å². The Bertz CT molecular complexity index is 991. The number of hydrogen-bond acceptors (Lipinski definition) is 8. The van der Waals surface area contributed by atoms with Crippen LogP contribution in [0.25, 0.3) is 0 Å². The fraction of sp³-hybridized carbons (Fsp3) is 0.278. The van der Waals surface area contributed by atoms with Crippen LogP contribution in [0, 0.1) is 15.9 Å². The topological polar surface area (TPSA) is 131 Å². The Balaban J connectivity index is 1.81. The van der Waals surface area contributed by atoms with Gasteiger partial charge in [-0.25, -0.2) is 9.37 Å². The summed E-state index contributed by atoms with van der Waals surface area (Å²) >= 11 is 0. The molecule has 11 heteroatoms. The van der Waals surface area contributed by atoms with Crippen molar-refractivity contribution in [1.82, 2.24) is 20.2 Å². The van der Waals surface area contributed by atoms with E-state index in [1.54, 1.807) is 25.1 Å². The molecule has 0 aliphatic carbocycles. The van der Waals surface area contributed by atoms with Crippen LogP contribution < -0.4 is 15.4 Å². The number of benzene rings is 1. The highest BCUT2D eigenvalue weighted by molar-refractivity contribution is 5.60.